The molecule has 0 spiro atoms. The molecule has 0 bridgehead atoms. The SMILES string of the molecule is N#Cc1ccccc1OCCCOc1ccc(F)c(F)c1. The zero-order chi connectivity index (χ0) is 15.1. The molecule has 0 saturated heterocycles. The monoisotopic (exact) mass is 289 g/mol. The third-order valence-corrected chi connectivity index (χ3v) is 2.71. The Labute approximate surface area is 121 Å². The first kappa shape index (κ1) is 14.8. The van der Waals surface area contributed by atoms with Crippen LogP contribution in [0.25, 0.3) is 0 Å². The maximum absolute atomic E-state index is 12.9. The maximum Gasteiger partial charge on any atom is 0.162 e. The summed E-state index contributed by atoms with van der Waals surface area (Å²) in [5, 5.41) is 8.90. The fourth-order valence-electron chi connectivity index (χ4n) is 1.68. The lowest BCUT2D eigenvalue weighted by atomic mass is 10.2. The fraction of sp³-hybridized carbons (Fsp3) is 0.188. The van der Waals surface area contributed by atoms with Crippen molar-refractivity contribution in [2.75, 3.05) is 13.2 Å². The number of halogens is 2. The van der Waals surface area contributed by atoms with Crippen LogP contribution in [0.1, 0.15) is 12.0 Å². The van der Waals surface area contributed by atoms with Crippen molar-refractivity contribution >= 4 is 0 Å². The molecule has 0 fully saturated rings. The Balaban J connectivity index is 1.75. The Kier molecular flexibility index (Phi) is 5.10. The van der Waals surface area contributed by atoms with Crippen LogP contribution in [0.3, 0.4) is 0 Å². The third kappa shape index (κ3) is 4.18. The van der Waals surface area contributed by atoms with Crippen LogP contribution in [0.4, 0.5) is 8.78 Å². The van der Waals surface area contributed by atoms with E-state index in [4.69, 9.17) is 14.7 Å². The average Bonchev–Trinajstić information content (AvgIpc) is 2.51. The van der Waals surface area contributed by atoms with Crippen molar-refractivity contribution in [1.82, 2.24) is 0 Å². The summed E-state index contributed by atoms with van der Waals surface area (Å²) in [5.41, 5.74) is 0.471. The van der Waals surface area contributed by atoms with Gasteiger partial charge in [0.1, 0.15) is 17.6 Å². The van der Waals surface area contributed by atoms with Gasteiger partial charge in [-0.15, -0.1) is 0 Å². The van der Waals surface area contributed by atoms with Gasteiger partial charge in [-0.3, -0.25) is 0 Å². The highest BCUT2D eigenvalue weighted by Gasteiger charge is 2.04. The number of nitrogens with zero attached hydrogens (tertiary/aromatic N) is 1. The summed E-state index contributed by atoms with van der Waals surface area (Å²) in [6, 6.07) is 12.4. The summed E-state index contributed by atoms with van der Waals surface area (Å²) in [6.45, 7) is 0.669. The van der Waals surface area contributed by atoms with Crippen LogP contribution in [0.2, 0.25) is 0 Å². The molecule has 2 aromatic carbocycles. The highest BCUT2D eigenvalue weighted by Crippen LogP contribution is 2.17. The standard InChI is InChI=1S/C16H13F2NO2/c17-14-7-6-13(10-15(14)18)20-8-3-9-21-16-5-2-1-4-12(16)11-19/h1-2,4-7,10H,3,8-9H2. The molecule has 0 N–H and O–H groups in total. The van der Waals surface area contributed by atoms with Crippen LogP contribution < -0.4 is 9.47 Å². The molecule has 0 heterocycles. The van der Waals surface area contributed by atoms with Crippen LogP contribution in [0.5, 0.6) is 11.5 Å². The van der Waals surface area contributed by atoms with E-state index in [9.17, 15) is 8.78 Å². The zero-order valence-electron chi connectivity index (χ0n) is 11.2. The van der Waals surface area contributed by atoms with Crippen LogP contribution in [-0.2, 0) is 0 Å². The number of rotatable bonds is 6. The minimum Gasteiger partial charge on any atom is -0.493 e. The van der Waals surface area contributed by atoms with Crippen molar-refractivity contribution in [1.29, 1.82) is 5.26 Å². The van der Waals surface area contributed by atoms with E-state index in [-0.39, 0.29) is 5.75 Å². The minimum absolute atomic E-state index is 0.270. The second-order valence-corrected chi connectivity index (χ2v) is 4.23. The number of hydrogen-bond acceptors (Lipinski definition) is 3. The molecule has 21 heavy (non-hydrogen) atoms. The van der Waals surface area contributed by atoms with Gasteiger partial charge in [0, 0.05) is 12.5 Å². The molecule has 0 aliphatic heterocycles. The van der Waals surface area contributed by atoms with Gasteiger partial charge in [-0.25, -0.2) is 8.78 Å². The minimum atomic E-state index is -0.938. The molecular weight excluding hydrogens is 276 g/mol. The summed E-state index contributed by atoms with van der Waals surface area (Å²) in [5.74, 6) is -1.05. The van der Waals surface area contributed by atoms with E-state index in [0.29, 0.717) is 30.9 Å². The predicted molar refractivity (Wildman–Crippen MR) is 73.1 cm³/mol. The van der Waals surface area contributed by atoms with Crippen molar-refractivity contribution in [3.8, 4) is 17.6 Å². The molecule has 108 valence electrons. The summed E-state index contributed by atoms with van der Waals surface area (Å²) in [4.78, 5) is 0. The quantitative estimate of drug-likeness (QED) is 0.762. The smallest absolute Gasteiger partial charge is 0.162 e. The van der Waals surface area contributed by atoms with Gasteiger partial charge in [-0.1, -0.05) is 12.1 Å². The highest BCUT2D eigenvalue weighted by molar-refractivity contribution is 5.42. The van der Waals surface area contributed by atoms with Crippen molar-refractivity contribution in [2.45, 2.75) is 6.42 Å². The number of nitriles is 1. The van der Waals surface area contributed by atoms with Crippen LogP contribution in [0, 0.1) is 23.0 Å². The van der Waals surface area contributed by atoms with Gasteiger partial charge in [-0.05, 0) is 24.3 Å². The molecule has 0 aromatic heterocycles. The first-order valence-corrected chi connectivity index (χ1v) is 6.40. The predicted octanol–water partition coefficient (Wildman–Crippen LogP) is 3.68. The zero-order valence-corrected chi connectivity index (χ0v) is 11.2. The number of benzene rings is 2. The van der Waals surface area contributed by atoms with E-state index < -0.39 is 11.6 Å². The largest absolute Gasteiger partial charge is 0.493 e. The summed E-state index contributed by atoms with van der Waals surface area (Å²) in [6.07, 6.45) is 0.554. The number of para-hydroxylation sites is 1. The molecular formula is C16H13F2NO2. The molecule has 5 heteroatoms. The second kappa shape index (κ2) is 7.25. The summed E-state index contributed by atoms with van der Waals surface area (Å²) >= 11 is 0. The molecule has 0 aliphatic carbocycles. The number of ether oxygens (including phenoxy) is 2. The van der Waals surface area contributed by atoms with Crippen LogP contribution >= 0.6 is 0 Å². The molecule has 0 amide bonds. The molecule has 0 saturated carbocycles. The van der Waals surface area contributed by atoms with E-state index in [1.165, 1.54) is 6.07 Å². The van der Waals surface area contributed by atoms with Gasteiger partial charge in [0.25, 0.3) is 0 Å². The van der Waals surface area contributed by atoms with E-state index >= 15 is 0 Å². The van der Waals surface area contributed by atoms with Crippen LogP contribution in [0.15, 0.2) is 42.5 Å². The lowest BCUT2D eigenvalue weighted by molar-refractivity contribution is 0.246. The molecule has 0 atom stereocenters. The van der Waals surface area contributed by atoms with Gasteiger partial charge in [0.15, 0.2) is 11.6 Å². The van der Waals surface area contributed by atoms with Crippen molar-refractivity contribution in [2.24, 2.45) is 0 Å². The van der Waals surface area contributed by atoms with Crippen molar-refractivity contribution < 1.29 is 18.3 Å². The van der Waals surface area contributed by atoms with Gasteiger partial charge in [0.05, 0.1) is 18.8 Å². The topological polar surface area (TPSA) is 42.2 Å². The summed E-state index contributed by atoms with van der Waals surface area (Å²) in [7, 11) is 0. The Morgan fingerprint density at radius 1 is 0.952 bits per heavy atom. The van der Waals surface area contributed by atoms with E-state index in [1.807, 2.05) is 6.07 Å². The first-order chi connectivity index (χ1) is 10.2. The third-order valence-electron chi connectivity index (χ3n) is 2.71. The summed E-state index contributed by atoms with van der Waals surface area (Å²) < 4.78 is 36.4. The Bertz CT molecular complexity index is 653. The van der Waals surface area contributed by atoms with Gasteiger partial charge < -0.3 is 9.47 Å². The van der Waals surface area contributed by atoms with Crippen molar-refractivity contribution in [3.63, 3.8) is 0 Å². The Morgan fingerprint density at radius 3 is 2.48 bits per heavy atom. The highest BCUT2D eigenvalue weighted by atomic mass is 19.2. The number of hydrogen-bond donors (Lipinski definition) is 0. The normalized spacial score (nSPS) is 9.95. The van der Waals surface area contributed by atoms with Crippen LogP contribution in [-0.4, -0.2) is 13.2 Å². The molecule has 2 rings (SSSR count). The van der Waals surface area contributed by atoms with Gasteiger partial charge in [-0.2, -0.15) is 5.26 Å². The van der Waals surface area contributed by atoms with Gasteiger partial charge in [0.2, 0.25) is 0 Å². The molecule has 0 aliphatic rings. The maximum atomic E-state index is 12.9. The Hall–Kier alpha value is -2.61. The average molecular weight is 289 g/mol. The van der Waals surface area contributed by atoms with Crippen molar-refractivity contribution in [3.05, 3.63) is 59.7 Å². The molecule has 0 unspecified atom stereocenters. The fourth-order valence-corrected chi connectivity index (χ4v) is 1.68. The lowest BCUT2D eigenvalue weighted by Gasteiger charge is -2.09. The Morgan fingerprint density at radius 2 is 1.71 bits per heavy atom. The van der Waals surface area contributed by atoms with E-state index in [1.54, 1.807) is 24.3 Å². The molecule has 0 radical (unpaired) electrons. The first-order valence-electron chi connectivity index (χ1n) is 6.40. The van der Waals surface area contributed by atoms with E-state index in [0.717, 1.165) is 12.1 Å². The van der Waals surface area contributed by atoms with E-state index in [2.05, 4.69) is 0 Å². The molecule has 2 aromatic rings. The second-order valence-electron chi connectivity index (χ2n) is 4.23. The lowest BCUT2D eigenvalue weighted by Crippen LogP contribution is -2.06. The van der Waals surface area contributed by atoms with Gasteiger partial charge >= 0.3 is 0 Å². The molecule has 3 nitrogen and oxygen atoms in total.